The highest BCUT2D eigenvalue weighted by atomic mass is 16.5. The number of amides is 2. The van der Waals surface area contributed by atoms with Crippen LogP contribution in [0.4, 0.5) is 0 Å². The molecule has 2 N–H and O–H groups in total. The van der Waals surface area contributed by atoms with Crippen LogP contribution < -0.4 is 5.73 Å². The Morgan fingerprint density at radius 1 is 0.805 bits per heavy atom. The largest absolute Gasteiger partial charge is 0.469 e. The van der Waals surface area contributed by atoms with Crippen LogP contribution in [0.15, 0.2) is 109 Å². The first-order valence-electron chi connectivity index (χ1n) is 13.2. The molecule has 206 valence electrons. The summed E-state index contributed by atoms with van der Waals surface area (Å²) in [6.45, 7) is 0.110. The number of ether oxygens (including phenoxy) is 1. The number of carbonyl (C=O) groups excluding carboxylic acids is 3. The van der Waals surface area contributed by atoms with Crippen LogP contribution in [-0.4, -0.2) is 35.8 Å². The van der Waals surface area contributed by atoms with Gasteiger partial charge in [0.2, 0.25) is 11.8 Å². The molecule has 0 unspecified atom stereocenters. The molecule has 2 amide bonds. The van der Waals surface area contributed by atoms with Crippen molar-refractivity contribution in [3.05, 3.63) is 143 Å². The fraction of sp³-hybridized carbons (Fsp3) is 0.176. The number of hydrogen-bond acceptors (Lipinski definition) is 5. The highest BCUT2D eigenvalue weighted by Crippen LogP contribution is 2.29. The molecular weight excluding hydrogens is 514 g/mol. The summed E-state index contributed by atoms with van der Waals surface area (Å²) < 4.78 is 4.76. The molecule has 0 aromatic heterocycles. The Morgan fingerprint density at radius 3 is 1.93 bits per heavy atom. The third-order valence-electron chi connectivity index (χ3n) is 6.94. The Labute approximate surface area is 239 Å². The lowest BCUT2D eigenvalue weighted by atomic mass is 9.88. The number of nitrogens with zero attached hydrogens (tertiary/aromatic N) is 2. The Hall–Kier alpha value is -5.22. The van der Waals surface area contributed by atoms with Crippen LogP contribution in [0.2, 0.25) is 0 Å². The summed E-state index contributed by atoms with van der Waals surface area (Å²) in [5.74, 6) is -1.95. The number of primary amides is 1. The van der Waals surface area contributed by atoms with E-state index in [2.05, 4.69) is 6.07 Å². The molecule has 0 aliphatic rings. The summed E-state index contributed by atoms with van der Waals surface area (Å²) in [5.41, 5.74) is 10.3. The van der Waals surface area contributed by atoms with E-state index in [1.165, 1.54) is 12.0 Å². The lowest BCUT2D eigenvalue weighted by Gasteiger charge is -2.33. The van der Waals surface area contributed by atoms with E-state index in [-0.39, 0.29) is 31.3 Å². The van der Waals surface area contributed by atoms with Crippen molar-refractivity contribution in [2.75, 3.05) is 7.11 Å². The molecule has 0 saturated heterocycles. The van der Waals surface area contributed by atoms with E-state index in [0.717, 1.165) is 27.8 Å². The van der Waals surface area contributed by atoms with Gasteiger partial charge in [0.1, 0.15) is 6.04 Å². The molecule has 0 aliphatic heterocycles. The van der Waals surface area contributed by atoms with Crippen LogP contribution in [0.1, 0.15) is 39.3 Å². The van der Waals surface area contributed by atoms with Crippen molar-refractivity contribution in [2.45, 2.75) is 31.3 Å². The number of nitrogens with two attached hydrogens (primary N) is 1. The minimum atomic E-state index is -0.985. The second-order valence-electron chi connectivity index (χ2n) is 9.72. The van der Waals surface area contributed by atoms with Gasteiger partial charge in [-0.15, -0.1) is 0 Å². The Morgan fingerprint density at radius 2 is 1.39 bits per heavy atom. The van der Waals surface area contributed by atoms with E-state index in [1.54, 1.807) is 30.3 Å². The van der Waals surface area contributed by atoms with Crippen LogP contribution in [0.3, 0.4) is 0 Å². The van der Waals surface area contributed by atoms with E-state index in [9.17, 15) is 19.6 Å². The first kappa shape index (κ1) is 28.8. The van der Waals surface area contributed by atoms with E-state index in [1.807, 2.05) is 78.9 Å². The van der Waals surface area contributed by atoms with Gasteiger partial charge in [0.05, 0.1) is 31.1 Å². The molecule has 0 heterocycles. The third kappa shape index (κ3) is 7.46. The molecule has 4 aromatic carbocycles. The molecule has 1 atom stereocenters. The minimum Gasteiger partial charge on any atom is -0.469 e. The van der Waals surface area contributed by atoms with Gasteiger partial charge in [-0.1, -0.05) is 97.1 Å². The summed E-state index contributed by atoms with van der Waals surface area (Å²) >= 11 is 0. The van der Waals surface area contributed by atoms with Gasteiger partial charge < -0.3 is 15.4 Å². The lowest BCUT2D eigenvalue weighted by Crippen LogP contribution is -2.50. The lowest BCUT2D eigenvalue weighted by molar-refractivity contribution is -0.140. The van der Waals surface area contributed by atoms with Crippen LogP contribution in [0, 0.1) is 11.3 Å². The molecular formula is C34H31N3O4. The zero-order valence-electron chi connectivity index (χ0n) is 22.8. The molecule has 7 nitrogen and oxygen atoms in total. The van der Waals surface area contributed by atoms with Gasteiger partial charge in [-0.2, -0.15) is 5.26 Å². The van der Waals surface area contributed by atoms with Crippen molar-refractivity contribution >= 4 is 17.8 Å². The summed E-state index contributed by atoms with van der Waals surface area (Å²) in [4.78, 5) is 40.8. The van der Waals surface area contributed by atoms with E-state index >= 15 is 0 Å². The van der Waals surface area contributed by atoms with Crippen LogP contribution in [0.5, 0.6) is 0 Å². The van der Waals surface area contributed by atoms with Gasteiger partial charge in [0, 0.05) is 13.0 Å². The van der Waals surface area contributed by atoms with Gasteiger partial charge >= 0.3 is 5.97 Å². The maximum atomic E-state index is 14.6. The normalized spacial score (nSPS) is 11.3. The van der Waals surface area contributed by atoms with E-state index in [4.69, 9.17) is 10.5 Å². The van der Waals surface area contributed by atoms with E-state index in [0.29, 0.717) is 5.56 Å². The number of benzene rings is 4. The Balaban J connectivity index is 1.76. The highest BCUT2D eigenvalue weighted by molar-refractivity contribution is 5.92. The van der Waals surface area contributed by atoms with Gasteiger partial charge in [0.15, 0.2) is 0 Å². The van der Waals surface area contributed by atoms with Gasteiger partial charge in [-0.3, -0.25) is 14.4 Å². The number of esters is 1. The predicted octanol–water partition coefficient (Wildman–Crippen LogP) is 4.53. The number of nitriles is 1. The van der Waals surface area contributed by atoms with Crippen molar-refractivity contribution in [3.63, 3.8) is 0 Å². The number of rotatable bonds is 11. The molecule has 0 radical (unpaired) electrons. The SMILES string of the molecule is COC(=O)Cc1ccc(CN(C(=O)C(c2ccccc2)c2ccccc2)[C@H](Cc2cccc(C#N)c2)C(N)=O)cc1. The van der Waals surface area contributed by atoms with Crippen LogP contribution in [-0.2, 0) is 38.5 Å². The van der Waals surface area contributed by atoms with Crippen molar-refractivity contribution < 1.29 is 19.1 Å². The van der Waals surface area contributed by atoms with Crippen LogP contribution >= 0.6 is 0 Å². The van der Waals surface area contributed by atoms with Gasteiger partial charge in [0.25, 0.3) is 0 Å². The van der Waals surface area contributed by atoms with Gasteiger partial charge in [-0.05, 0) is 39.9 Å². The summed E-state index contributed by atoms with van der Waals surface area (Å²) in [7, 11) is 1.34. The smallest absolute Gasteiger partial charge is 0.309 e. The molecule has 41 heavy (non-hydrogen) atoms. The summed E-state index contributed by atoms with van der Waals surface area (Å²) in [5, 5.41) is 9.38. The zero-order chi connectivity index (χ0) is 29.2. The van der Waals surface area contributed by atoms with Crippen molar-refractivity contribution in [2.24, 2.45) is 5.73 Å². The first-order chi connectivity index (χ1) is 19.9. The topological polar surface area (TPSA) is 113 Å². The average molecular weight is 546 g/mol. The minimum absolute atomic E-state index is 0.110. The van der Waals surface area contributed by atoms with Crippen molar-refractivity contribution in [1.29, 1.82) is 5.26 Å². The number of carbonyl (C=O) groups is 3. The maximum Gasteiger partial charge on any atom is 0.309 e. The Kier molecular flexibility index (Phi) is 9.63. The number of methoxy groups -OCH3 is 1. The van der Waals surface area contributed by atoms with E-state index < -0.39 is 17.9 Å². The first-order valence-corrected chi connectivity index (χ1v) is 13.2. The van der Waals surface area contributed by atoms with Gasteiger partial charge in [-0.25, -0.2) is 0 Å². The number of hydrogen-bond donors (Lipinski definition) is 1. The molecule has 4 rings (SSSR count). The zero-order valence-corrected chi connectivity index (χ0v) is 22.8. The fourth-order valence-corrected chi connectivity index (χ4v) is 4.83. The fourth-order valence-electron chi connectivity index (χ4n) is 4.83. The molecule has 0 bridgehead atoms. The maximum absolute atomic E-state index is 14.6. The molecule has 0 saturated carbocycles. The van der Waals surface area contributed by atoms with Crippen molar-refractivity contribution in [3.8, 4) is 6.07 Å². The third-order valence-corrected chi connectivity index (χ3v) is 6.94. The van der Waals surface area contributed by atoms with Crippen LogP contribution in [0.25, 0.3) is 0 Å². The molecule has 7 heteroatoms. The Bertz CT molecular complexity index is 1490. The second kappa shape index (κ2) is 13.7. The average Bonchev–Trinajstić information content (AvgIpc) is 3.00. The monoisotopic (exact) mass is 545 g/mol. The molecule has 4 aromatic rings. The summed E-state index contributed by atoms with van der Waals surface area (Å²) in [6.07, 6.45) is 0.274. The highest BCUT2D eigenvalue weighted by Gasteiger charge is 2.34. The standard InChI is InChI=1S/C34H31N3O4/c1-41-31(38)21-24-15-17-25(18-16-24)23-37(30(33(36)39)20-26-9-8-10-27(19-26)22-35)34(40)32(28-11-4-2-5-12-28)29-13-6-3-7-14-29/h2-19,30,32H,20-21,23H2,1H3,(H2,36,39)/t30-/m1/s1. The quantitative estimate of drug-likeness (QED) is 0.278. The molecule has 0 fully saturated rings. The molecule has 0 aliphatic carbocycles. The van der Waals surface area contributed by atoms with Crippen molar-refractivity contribution in [1.82, 2.24) is 4.90 Å². The predicted molar refractivity (Wildman–Crippen MR) is 155 cm³/mol. The second-order valence-corrected chi connectivity index (χ2v) is 9.72. The molecule has 0 spiro atoms. The summed E-state index contributed by atoms with van der Waals surface area (Å²) in [6, 6.07) is 34.2.